The summed E-state index contributed by atoms with van der Waals surface area (Å²) in [4.78, 5) is 20.0. The largest absolute Gasteiger partial charge is 2.00 e. The number of carboxylic acid groups (broad SMARTS) is 1. The first-order valence-electron chi connectivity index (χ1n) is 2.33. The van der Waals surface area contributed by atoms with Gasteiger partial charge in [-0.1, -0.05) is 13.8 Å². The maximum atomic E-state index is 10.2. The van der Waals surface area contributed by atoms with Crippen LogP contribution >= 0.6 is 0 Å². The van der Waals surface area contributed by atoms with Gasteiger partial charge >= 0.3 is 29.0 Å². The zero-order valence-corrected chi connectivity index (χ0v) is 6.96. The van der Waals surface area contributed by atoms with E-state index < -0.39 is 17.7 Å². The summed E-state index contributed by atoms with van der Waals surface area (Å²) < 4.78 is 0. The van der Waals surface area contributed by atoms with Crippen LogP contribution in [0.4, 0.5) is 0 Å². The van der Waals surface area contributed by atoms with Crippen molar-refractivity contribution in [3.63, 3.8) is 0 Å². The Hall–Kier alpha value is -0.0938. The molecule has 0 saturated heterocycles. The number of aliphatic carboxylic acids is 1. The fraction of sp³-hybridized carbons (Fsp3) is 0.600. The van der Waals surface area contributed by atoms with Crippen molar-refractivity contribution in [2.45, 2.75) is 13.8 Å². The third-order valence-electron chi connectivity index (χ3n) is 0.735. The van der Waals surface area contributed by atoms with Gasteiger partial charge in [-0.3, -0.25) is 4.79 Å². The number of ketones is 1. The molecule has 46 valence electrons. The third kappa shape index (κ3) is 4.41. The van der Waals surface area contributed by atoms with E-state index in [-0.39, 0.29) is 23.1 Å². The molecule has 0 aliphatic heterocycles. The summed E-state index contributed by atoms with van der Waals surface area (Å²) in [6.45, 7) is 3.10. The molecule has 0 rings (SSSR count). The second-order valence-electron chi connectivity index (χ2n) is 1.82. The third-order valence-corrected chi connectivity index (χ3v) is 0.735. The quantitative estimate of drug-likeness (QED) is 0.431. The molecule has 3 nitrogen and oxygen atoms in total. The number of hydrogen-bond acceptors (Lipinski definition) is 2. The molecule has 0 aromatic carbocycles. The van der Waals surface area contributed by atoms with E-state index in [0.717, 1.165) is 0 Å². The molecule has 0 heterocycles. The van der Waals surface area contributed by atoms with Gasteiger partial charge in [0.1, 0.15) is 0 Å². The van der Waals surface area contributed by atoms with E-state index in [0.29, 0.717) is 0 Å². The van der Waals surface area contributed by atoms with Gasteiger partial charge in [-0.2, -0.15) is 0 Å². The first kappa shape index (κ1) is 11.7. The van der Waals surface area contributed by atoms with Gasteiger partial charge in [0.15, 0.2) is 0 Å². The predicted octanol–water partition coefficient (Wildman–Crippen LogP) is -0.0847. The summed E-state index contributed by atoms with van der Waals surface area (Å²) in [5, 5.41) is 8.00. The van der Waals surface area contributed by atoms with Gasteiger partial charge in [-0.25, -0.2) is 4.79 Å². The van der Waals surface area contributed by atoms with Crippen molar-refractivity contribution in [2.75, 3.05) is 0 Å². The van der Waals surface area contributed by atoms with E-state index in [2.05, 4.69) is 0 Å². The monoisotopic (exact) mass is 140 g/mol. The molecule has 9 heavy (non-hydrogen) atoms. The van der Waals surface area contributed by atoms with Crippen LogP contribution in [-0.4, -0.2) is 39.9 Å². The minimum atomic E-state index is -1.35. The van der Waals surface area contributed by atoms with Gasteiger partial charge in [0.2, 0.25) is 5.78 Å². The normalized spacial score (nSPS) is 8.33. The van der Waals surface area contributed by atoms with Crippen LogP contribution in [0.5, 0.6) is 0 Å². The maximum absolute atomic E-state index is 10.2. The van der Waals surface area contributed by atoms with Crippen molar-refractivity contribution in [3.8, 4) is 0 Å². The van der Waals surface area contributed by atoms with Crippen LogP contribution in [0.25, 0.3) is 0 Å². The van der Waals surface area contributed by atoms with Crippen LogP contribution in [0, 0.1) is 5.92 Å². The van der Waals surface area contributed by atoms with Crippen LogP contribution in [0.15, 0.2) is 0 Å². The van der Waals surface area contributed by atoms with Crippen LogP contribution in [0.1, 0.15) is 13.8 Å². The topological polar surface area (TPSA) is 54.4 Å². The van der Waals surface area contributed by atoms with Crippen molar-refractivity contribution in [2.24, 2.45) is 5.92 Å². The van der Waals surface area contributed by atoms with Crippen LogP contribution in [0.3, 0.4) is 0 Å². The SMILES string of the molecule is CC(C)C(=O)C(=O)O.[Mg+2]. The van der Waals surface area contributed by atoms with Crippen LogP contribution in [0.2, 0.25) is 0 Å². The Morgan fingerprint density at radius 2 is 1.67 bits per heavy atom. The molecule has 0 fully saturated rings. The van der Waals surface area contributed by atoms with Crippen molar-refractivity contribution >= 4 is 34.8 Å². The molecule has 0 spiro atoms. The van der Waals surface area contributed by atoms with E-state index in [4.69, 9.17) is 5.11 Å². The van der Waals surface area contributed by atoms with Gasteiger partial charge in [0, 0.05) is 5.92 Å². The van der Waals surface area contributed by atoms with E-state index in [1.54, 1.807) is 13.8 Å². The molecule has 0 saturated carbocycles. The summed E-state index contributed by atoms with van der Waals surface area (Å²) in [6, 6.07) is 0. The molecule has 0 amide bonds. The molecular formula is C5H8MgO3+2. The summed E-state index contributed by atoms with van der Waals surface area (Å²) in [5.41, 5.74) is 0. The summed E-state index contributed by atoms with van der Waals surface area (Å²) in [5.74, 6) is -2.47. The van der Waals surface area contributed by atoms with Gasteiger partial charge in [-0.05, 0) is 0 Å². The standard InChI is InChI=1S/C5H8O3.Mg/c1-3(2)4(6)5(7)8;/h3H,1-2H3,(H,7,8);/q;+2. The van der Waals surface area contributed by atoms with Crippen molar-refractivity contribution in [3.05, 3.63) is 0 Å². The molecule has 1 N–H and O–H groups in total. The molecule has 0 atom stereocenters. The smallest absolute Gasteiger partial charge is 0.475 e. The molecule has 0 unspecified atom stereocenters. The van der Waals surface area contributed by atoms with E-state index >= 15 is 0 Å². The van der Waals surface area contributed by atoms with E-state index in [1.165, 1.54) is 0 Å². The second-order valence-corrected chi connectivity index (χ2v) is 1.82. The van der Waals surface area contributed by atoms with E-state index in [1.807, 2.05) is 0 Å². The molecule has 0 aliphatic carbocycles. The molecule has 0 aromatic rings. The van der Waals surface area contributed by atoms with Gasteiger partial charge in [0.25, 0.3) is 0 Å². The Morgan fingerprint density at radius 3 is 1.67 bits per heavy atom. The van der Waals surface area contributed by atoms with Crippen molar-refractivity contribution < 1.29 is 14.7 Å². The molecule has 0 aliphatic rings. The number of carbonyl (C=O) groups excluding carboxylic acids is 1. The first-order valence-corrected chi connectivity index (χ1v) is 2.33. The summed E-state index contributed by atoms with van der Waals surface area (Å²) in [7, 11) is 0. The Balaban J connectivity index is 0. The summed E-state index contributed by atoms with van der Waals surface area (Å²) >= 11 is 0. The Bertz CT molecular complexity index is 119. The Kier molecular flexibility index (Phi) is 6.17. The van der Waals surface area contributed by atoms with Gasteiger partial charge in [-0.15, -0.1) is 0 Å². The zero-order valence-electron chi connectivity index (χ0n) is 5.55. The first-order chi connectivity index (χ1) is 3.55. The molecule has 0 aromatic heterocycles. The maximum Gasteiger partial charge on any atom is 2.00 e. The van der Waals surface area contributed by atoms with Gasteiger partial charge < -0.3 is 5.11 Å². The second kappa shape index (κ2) is 4.75. The zero-order chi connectivity index (χ0) is 6.73. The number of carboxylic acids is 1. The van der Waals surface area contributed by atoms with E-state index in [9.17, 15) is 9.59 Å². The average Bonchev–Trinajstić information content (AvgIpc) is 1.64. The minimum Gasteiger partial charge on any atom is -0.475 e. The molecular weight excluding hydrogens is 132 g/mol. The van der Waals surface area contributed by atoms with Crippen molar-refractivity contribution in [1.29, 1.82) is 0 Å². The summed E-state index contributed by atoms with van der Waals surface area (Å²) in [6.07, 6.45) is 0. The average molecular weight is 140 g/mol. The van der Waals surface area contributed by atoms with Crippen LogP contribution in [-0.2, 0) is 9.59 Å². The number of Topliss-reactive ketones (excluding diaryl/α,β-unsaturated/α-hetero) is 1. The number of hydrogen-bond donors (Lipinski definition) is 1. The fourth-order valence-electron chi connectivity index (χ4n) is 0.247. The molecule has 0 bridgehead atoms. The van der Waals surface area contributed by atoms with Gasteiger partial charge in [0.05, 0.1) is 0 Å². The number of carbonyl (C=O) groups is 2. The predicted molar refractivity (Wildman–Crippen MR) is 33.2 cm³/mol. The number of rotatable bonds is 2. The Labute approximate surface area is 69.6 Å². The minimum absolute atomic E-state index is 0. The molecule has 4 heteroatoms. The van der Waals surface area contributed by atoms with Crippen LogP contribution < -0.4 is 0 Å². The van der Waals surface area contributed by atoms with Crippen molar-refractivity contribution in [1.82, 2.24) is 0 Å². The Morgan fingerprint density at radius 1 is 1.33 bits per heavy atom. The molecule has 0 radical (unpaired) electrons. The fourth-order valence-corrected chi connectivity index (χ4v) is 0.247.